The van der Waals surface area contributed by atoms with Gasteiger partial charge in [0, 0.05) is 50.7 Å². The predicted octanol–water partition coefficient (Wildman–Crippen LogP) is 4.48. The average molecular weight is 467 g/mol. The standard InChI is InChI=1S/C27H31FN2O4/c1-27(2)22(16-24(34-27)25-21-15-20(28)9-10-23(21)29-26(25)31)19-7-5-18(6-8-19)17-30(11-13-32-3)12-14-33-4/h5-10,15-16H,11-14,17H2,1-4H3,(H,29,31)/b25-24+. The molecule has 2 aromatic carbocycles. The number of ether oxygens (including phenoxy) is 3. The minimum atomic E-state index is -0.636. The molecule has 0 saturated heterocycles. The van der Waals surface area contributed by atoms with E-state index in [0.29, 0.717) is 35.8 Å². The molecule has 0 unspecified atom stereocenters. The number of halogens is 1. The number of carbonyl (C=O) groups is 1. The van der Waals surface area contributed by atoms with Crippen LogP contribution in [0.1, 0.15) is 30.5 Å². The Bertz CT molecular complexity index is 1110. The highest BCUT2D eigenvalue weighted by molar-refractivity contribution is 6.32. The van der Waals surface area contributed by atoms with E-state index in [-0.39, 0.29) is 5.91 Å². The van der Waals surface area contributed by atoms with Crippen LogP contribution in [0.15, 0.2) is 54.3 Å². The lowest BCUT2D eigenvalue weighted by atomic mass is 9.91. The highest BCUT2D eigenvalue weighted by atomic mass is 19.1. The van der Waals surface area contributed by atoms with Gasteiger partial charge < -0.3 is 19.5 Å². The zero-order chi connectivity index (χ0) is 24.3. The van der Waals surface area contributed by atoms with Crippen molar-refractivity contribution in [3.05, 3.63) is 76.8 Å². The number of methoxy groups -OCH3 is 2. The van der Waals surface area contributed by atoms with Crippen LogP contribution in [0.25, 0.3) is 11.1 Å². The molecule has 1 N–H and O–H groups in total. The van der Waals surface area contributed by atoms with Crippen LogP contribution in [0.4, 0.5) is 10.1 Å². The summed E-state index contributed by atoms with van der Waals surface area (Å²) in [6.07, 6.45) is 1.90. The average Bonchev–Trinajstić information content (AvgIpc) is 3.30. The predicted molar refractivity (Wildman–Crippen MR) is 131 cm³/mol. The molecule has 1 amide bonds. The first kappa shape index (κ1) is 24.1. The van der Waals surface area contributed by atoms with Crippen LogP contribution in [0.5, 0.6) is 0 Å². The van der Waals surface area contributed by atoms with E-state index in [1.54, 1.807) is 20.3 Å². The molecule has 7 heteroatoms. The summed E-state index contributed by atoms with van der Waals surface area (Å²) >= 11 is 0. The van der Waals surface area contributed by atoms with E-state index < -0.39 is 11.4 Å². The number of hydrogen-bond acceptors (Lipinski definition) is 5. The molecule has 2 aliphatic rings. The van der Waals surface area contributed by atoms with Gasteiger partial charge in [-0.05, 0) is 49.2 Å². The number of nitrogens with zero attached hydrogens (tertiary/aromatic N) is 1. The van der Waals surface area contributed by atoms with Crippen molar-refractivity contribution in [1.29, 1.82) is 0 Å². The van der Waals surface area contributed by atoms with Gasteiger partial charge in [-0.25, -0.2) is 4.39 Å². The number of rotatable bonds is 9. The first-order valence-corrected chi connectivity index (χ1v) is 11.4. The quantitative estimate of drug-likeness (QED) is 0.553. The monoisotopic (exact) mass is 466 g/mol. The van der Waals surface area contributed by atoms with Crippen molar-refractivity contribution >= 4 is 22.7 Å². The summed E-state index contributed by atoms with van der Waals surface area (Å²) in [7, 11) is 3.41. The Morgan fingerprint density at radius 3 is 2.35 bits per heavy atom. The first-order chi connectivity index (χ1) is 16.3. The molecule has 0 aliphatic carbocycles. The van der Waals surface area contributed by atoms with Gasteiger partial charge >= 0.3 is 0 Å². The van der Waals surface area contributed by atoms with Crippen molar-refractivity contribution in [2.24, 2.45) is 0 Å². The third-order valence-electron chi connectivity index (χ3n) is 6.16. The number of nitrogens with one attached hydrogen (secondary N) is 1. The minimum absolute atomic E-state index is 0.286. The zero-order valence-corrected chi connectivity index (χ0v) is 20.1. The Morgan fingerprint density at radius 1 is 1.03 bits per heavy atom. The van der Waals surface area contributed by atoms with Gasteiger partial charge in [-0.15, -0.1) is 0 Å². The molecular formula is C27H31FN2O4. The molecule has 0 fully saturated rings. The maximum Gasteiger partial charge on any atom is 0.260 e. The molecule has 180 valence electrons. The second-order valence-electron chi connectivity index (χ2n) is 9.01. The van der Waals surface area contributed by atoms with Gasteiger partial charge in [-0.3, -0.25) is 9.69 Å². The number of benzene rings is 2. The Kier molecular flexibility index (Phi) is 7.16. The molecule has 6 nitrogen and oxygen atoms in total. The molecule has 0 aromatic heterocycles. The third kappa shape index (κ3) is 5.06. The summed E-state index contributed by atoms with van der Waals surface area (Å²) in [5.74, 6) is -0.224. The summed E-state index contributed by atoms with van der Waals surface area (Å²) in [6.45, 7) is 7.72. The summed E-state index contributed by atoms with van der Waals surface area (Å²) < 4.78 is 30.6. The lowest BCUT2D eigenvalue weighted by Crippen LogP contribution is -2.30. The molecule has 2 heterocycles. The van der Waals surface area contributed by atoms with Crippen LogP contribution in [-0.2, 0) is 25.5 Å². The normalized spacial score (nSPS) is 18.6. The van der Waals surface area contributed by atoms with E-state index in [9.17, 15) is 9.18 Å². The Hall–Kier alpha value is -3.00. The maximum atomic E-state index is 13.9. The highest BCUT2D eigenvalue weighted by Crippen LogP contribution is 2.44. The second kappa shape index (κ2) is 10.1. The lowest BCUT2D eigenvalue weighted by Gasteiger charge is -2.24. The molecule has 2 aromatic rings. The van der Waals surface area contributed by atoms with Gasteiger partial charge in [-0.2, -0.15) is 0 Å². The van der Waals surface area contributed by atoms with Crippen LogP contribution in [0, 0.1) is 5.82 Å². The summed E-state index contributed by atoms with van der Waals surface area (Å²) in [6, 6.07) is 12.6. The summed E-state index contributed by atoms with van der Waals surface area (Å²) in [5, 5.41) is 2.79. The number of anilines is 1. The van der Waals surface area contributed by atoms with Crippen LogP contribution >= 0.6 is 0 Å². The van der Waals surface area contributed by atoms with Crippen molar-refractivity contribution in [1.82, 2.24) is 4.90 Å². The number of carbonyl (C=O) groups excluding carboxylic acids is 1. The SMILES string of the molecule is COCCN(CCOC)Cc1ccc(C2=C/C(=C3\C(=O)Nc4ccc(F)cc43)OC2(C)C)cc1. The first-order valence-electron chi connectivity index (χ1n) is 11.4. The van der Waals surface area contributed by atoms with E-state index in [1.165, 1.54) is 17.7 Å². The number of allylic oxidation sites excluding steroid dienone is 1. The molecule has 2 aliphatic heterocycles. The molecule has 0 spiro atoms. The van der Waals surface area contributed by atoms with Crippen molar-refractivity contribution in [2.75, 3.05) is 45.8 Å². The maximum absolute atomic E-state index is 13.9. The minimum Gasteiger partial charge on any atom is -0.482 e. The molecule has 0 bridgehead atoms. The van der Waals surface area contributed by atoms with Crippen LogP contribution < -0.4 is 5.32 Å². The molecule has 34 heavy (non-hydrogen) atoms. The number of fused-ring (bicyclic) bond motifs is 1. The van der Waals surface area contributed by atoms with Crippen molar-refractivity contribution in [2.45, 2.75) is 26.0 Å². The third-order valence-corrected chi connectivity index (χ3v) is 6.16. The van der Waals surface area contributed by atoms with Crippen LogP contribution in [-0.4, -0.2) is 56.9 Å². The van der Waals surface area contributed by atoms with E-state index in [0.717, 1.165) is 30.8 Å². The zero-order valence-electron chi connectivity index (χ0n) is 20.1. The molecule has 0 atom stereocenters. The number of hydrogen-bond donors (Lipinski definition) is 1. The fourth-order valence-corrected chi connectivity index (χ4v) is 4.36. The largest absolute Gasteiger partial charge is 0.482 e. The highest BCUT2D eigenvalue weighted by Gasteiger charge is 2.38. The topological polar surface area (TPSA) is 60.0 Å². The smallest absolute Gasteiger partial charge is 0.260 e. The van der Waals surface area contributed by atoms with Crippen LogP contribution in [0.2, 0.25) is 0 Å². The van der Waals surface area contributed by atoms with Crippen molar-refractivity contribution in [3.8, 4) is 0 Å². The summed E-state index contributed by atoms with van der Waals surface area (Å²) in [4.78, 5) is 15.0. The van der Waals surface area contributed by atoms with Gasteiger partial charge in [0.2, 0.25) is 0 Å². The van der Waals surface area contributed by atoms with E-state index >= 15 is 0 Å². The molecule has 0 radical (unpaired) electrons. The van der Waals surface area contributed by atoms with Gasteiger partial charge in [0.25, 0.3) is 5.91 Å². The lowest BCUT2D eigenvalue weighted by molar-refractivity contribution is -0.111. The van der Waals surface area contributed by atoms with Crippen molar-refractivity contribution in [3.63, 3.8) is 0 Å². The fourth-order valence-electron chi connectivity index (χ4n) is 4.36. The van der Waals surface area contributed by atoms with Gasteiger partial charge in [0.05, 0.1) is 18.8 Å². The van der Waals surface area contributed by atoms with E-state index in [4.69, 9.17) is 14.2 Å². The van der Waals surface area contributed by atoms with Gasteiger partial charge in [-0.1, -0.05) is 24.3 Å². The Balaban J connectivity index is 1.59. The van der Waals surface area contributed by atoms with E-state index in [1.807, 2.05) is 19.9 Å². The van der Waals surface area contributed by atoms with Gasteiger partial charge in [0.1, 0.15) is 17.2 Å². The van der Waals surface area contributed by atoms with Gasteiger partial charge in [0.15, 0.2) is 0 Å². The Morgan fingerprint density at radius 2 is 1.71 bits per heavy atom. The van der Waals surface area contributed by atoms with Crippen molar-refractivity contribution < 1.29 is 23.4 Å². The second-order valence-corrected chi connectivity index (χ2v) is 9.01. The molecule has 0 saturated carbocycles. The Labute approximate surface area is 200 Å². The summed E-state index contributed by atoms with van der Waals surface area (Å²) in [5.41, 5.74) is 4.01. The molecular weight excluding hydrogens is 435 g/mol. The number of amides is 1. The molecule has 4 rings (SSSR count). The van der Waals surface area contributed by atoms with E-state index in [2.05, 4.69) is 34.5 Å². The van der Waals surface area contributed by atoms with Crippen LogP contribution in [0.3, 0.4) is 0 Å². The fraction of sp³-hybridized carbons (Fsp3) is 0.370.